The van der Waals surface area contributed by atoms with Crippen molar-refractivity contribution in [2.45, 2.75) is 6.18 Å². The van der Waals surface area contributed by atoms with Crippen LogP contribution in [0.25, 0.3) is 0 Å². The molecule has 0 spiro atoms. The smallest absolute Gasteiger partial charge is 0.378 e. The predicted octanol–water partition coefficient (Wildman–Crippen LogP) is 2.13. The number of rotatable bonds is 3. The second kappa shape index (κ2) is 8.08. The van der Waals surface area contributed by atoms with Gasteiger partial charge >= 0.3 is 6.18 Å². The van der Waals surface area contributed by atoms with Crippen molar-refractivity contribution in [3.8, 4) is 0 Å². The molecule has 1 aromatic carbocycles. The van der Waals surface area contributed by atoms with Gasteiger partial charge in [0.25, 0.3) is 17.4 Å². The molecule has 2 amide bonds. The van der Waals surface area contributed by atoms with Crippen molar-refractivity contribution in [2.75, 3.05) is 31.6 Å². The van der Waals surface area contributed by atoms with Crippen LogP contribution < -0.4 is 10.9 Å². The van der Waals surface area contributed by atoms with Crippen molar-refractivity contribution in [2.24, 2.45) is 7.05 Å². The van der Waals surface area contributed by atoms with Gasteiger partial charge in [-0.15, -0.1) is 0 Å². The number of aromatic nitrogens is 1. The molecule has 0 bridgehead atoms. The second-order valence-corrected chi connectivity index (χ2v) is 6.50. The highest BCUT2D eigenvalue weighted by Gasteiger charge is 2.31. The van der Waals surface area contributed by atoms with Gasteiger partial charge in [-0.3, -0.25) is 14.4 Å². The lowest BCUT2D eigenvalue weighted by Gasteiger charge is -2.27. The third kappa shape index (κ3) is 4.65. The van der Waals surface area contributed by atoms with Gasteiger partial charge in [0.1, 0.15) is 5.69 Å². The number of alkyl halides is 3. The van der Waals surface area contributed by atoms with E-state index in [-0.39, 0.29) is 22.7 Å². The molecule has 154 valence electrons. The number of morpholine rings is 1. The van der Waals surface area contributed by atoms with E-state index in [2.05, 4.69) is 5.32 Å². The molecule has 1 aliphatic heterocycles. The fourth-order valence-electron chi connectivity index (χ4n) is 2.90. The summed E-state index contributed by atoms with van der Waals surface area (Å²) in [5, 5.41) is 2.31. The van der Waals surface area contributed by atoms with Crippen molar-refractivity contribution in [3.05, 3.63) is 63.6 Å². The normalized spacial score (nSPS) is 14.6. The number of halogens is 3. The van der Waals surface area contributed by atoms with Gasteiger partial charge in [0.2, 0.25) is 0 Å². The topological polar surface area (TPSA) is 80.6 Å². The predicted molar refractivity (Wildman–Crippen MR) is 97.8 cm³/mol. The Kier molecular flexibility index (Phi) is 5.73. The largest absolute Gasteiger partial charge is 0.416 e. The average molecular weight is 409 g/mol. The molecular weight excluding hydrogens is 391 g/mol. The number of hydrogen-bond donors (Lipinski definition) is 1. The van der Waals surface area contributed by atoms with Crippen LogP contribution in [-0.4, -0.2) is 47.6 Å². The molecule has 0 saturated carbocycles. The van der Waals surface area contributed by atoms with Crippen LogP contribution in [-0.2, 0) is 18.0 Å². The lowest BCUT2D eigenvalue weighted by atomic mass is 10.1. The molecule has 3 rings (SSSR count). The minimum atomic E-state index is -4.60. The molecule has 2 heterocycles. The first kappa shape index (κ1) is 20.6. The Morgan fingerprint density at radius 1 is 1.10 bits per heavy atom. The van der Waals surface area contributed by atoms with Gasteiger partial charge in [-0.1, -0.05) is 6.07 Å². The summed E-state index contributed by atoms with van der Waals surface area (Å²) in [5.41, 5.74) is -1.85. The summed E-state index contributed by atoms with van der Waals surface area (Å²) in [6.07, 6.45) is -3.25. The van der Waals surface area contributed by atoms with Crippen LogP contribution in [0.15, 0.2) is 41.3 Å². The van der Waals surface area contributed by atoms with E-state index in [4.69, 9.17) is 4.74 Å². The molecule has 0 unspecified atom stereocenters. The Labute approximate surface area is 163 Å². The van der Waals surface area contributed by atoms with Gasteiger partial charge in [0, 0.05) is 31.9 Å². The minimum absolute atomic E-state index is 0.174. The maximum absolute atomic E-state index is 12.9. The van der Waals surface area contributed by atoms with E-state index in [1.165, 1.54) is 25.4 Å². The van der Waals surface area contributed by atoms with Crippen LogP contribution in [0.5, 0.6) is 0 Å². The van der Waals surface area contributed by atoms with E-state index in [0.29, 0.717) is 32.4 Å². The maximum Gasteiger partial charge on any atom is 0.416 e. The highest BCUT2D eigenvalue weighted by atomic mass is 19.4. The van der Waals surface area contributed by atoms with Crippen molar-refractivity contribution >= 4 is 17.5 Å². The molecule has 2 aromatic rings. The number of aryl methyl sites for hydroxylation is 1. The summed E-state index contributed by atoms with van der Waals surface area (Å²) >= 11 is 0. The average Bonchev–Trinajstić information content (AvgIpc) is 2.70. The molecule has 1 aromatic heterocycles. The van der Waals surface area contributed by atoms with Gasteiger partial charge in [0.15, 0.2) is 0 Å². The Balaban J connectivity index is 1.87. The number of anilines is 1. The standard InChI is InChI=1S/C19H18F3N3O4/c1-24-11-13(17(27)25-5-7-29-8-6-25)10-15(18(24)28)23-16(26)12-3-2-4-14(9-12)19(20,21)22/h2-4,9-11H,5-8H2,1H3,(H,23,26). The number of hydrogen-bond acceptors (Lipinski definition) is 4. The lowest BCUT2D eigenvalue weighted by molar-refractivity contribution is -0.137. The minimum Gasteiger partial charge on any atom is -0.378 e. The zero-order valence-corrected chi connectivity index (χ0v) is 15.5. The summed E-state index contributed by atoms with van der Waals surface area (Å²) < 4.78 is 44.9. The van der Waals surface area contributed by atoms with E-state index in [1.807, 2.05) is 0 Å². The van der Waals surface area contributed by atoms with E-state index in [1.54, 1.807) is 4.90 Å². The van der Waals surface area contributed by atoms with Crippen molar-refractivity contribution < 1.29 is 27.5 Å². The Bertz CT molecular complexity index is 995. The molecule has 1 N–H and O–H groups in total. The number of carbonyl (C=O) groups is 2. The molecule has 29 heavy (non-hydrogen) atoms. The quantitative estimate of drug-likeness (QED) is 0.842. The first-order chi connectivity index (χ1) is 13.7. The molecule has 0 radical (unpaired) electrons. The van der Waals surface area contributed by atoms with Gasteiger partial charge < -0.3 is 19.5 Å². The summed E-state index contributed by atoms with van der Waals surface area (Å²) in [5.74, 6) is -1.22. The first-order valence-corrected chi connectivity index (χ1v) is 8.73. The Morgan fingerprint density at radius 3 is 2.45 bits per heavy atom. The third-order valence-electron chi connectivity index (χ3n) is 4.43. The van der Waals surface area contributed by atoms with Gasteiger partial charge in [-0.2, -0.15) is 13.2 Å². The molecular formula is C19H18F3N3O4. The van der Waals surface area contributed by atoms with Crippen molar-refractivity contribution in [1.82, 2.24) is 9.47 Å². The van der Waals surface area contributed by atoms with Crippen LogP contribution in [0.1, 0.15) is 26.3 Å². The van der Waals surface area contributed by atoms with E-state index in [9.17, 15) is 27.6 Å². The Morgan fingerprint density at radius 2 is 1.79 bits per heavy atom. The highest BCUT2D eigenvalue weighted by molar-refractivity contribution is 6.05. The van der Waals surface area contributed by atoms with Gasteiger partial charge in [-0.05, 0) is 24.3 Å². The van der Waals surface area contributed by atoms with E-state index in [0.717, 1.165) is 16.7 Å². The summed E-state index contributed by atoms with van der Waals surface area (Å²) in [6.45, 7) is 1.59. The number of pyridine rings is 1. The molecule has 1 aliphatic rings. The zero-order chi connectivity index (χ0) is 21.2. The number of carbonyl (C=O) groups excluding carboxylic acids is 2. The SMILES string of the molecule is Cn1cc(C(=O)N2CCOCC2)cc(NC(=O)c2cccc(C(F)(F)F)c2)c1=O. The molecule has 7 nitrogen and oxygen atoms in total. The van der Waals surface area contributed by atoms with Crippen LogP contribution in [0.2, 0.25) is 0 Å². The number of benzene rings is 1. The zero-order valence-electron chi connectivity index (χ0n) is 15.5. The van der Waals surface area contributed by atoms with Crippen LogP contribution in [0.4, 0.5) is 18.9 Å². The third-order valence-corrected chi connectivity index (χ3v) is 4.43. The van der Waals surface area contributed by atoms with Gasteiger partial charge in [0.05, 0.1) is 24.3 Å². The molecule has 1 fully saturated rings. The number of nitrogens with one attached hydrogen (secondary N) is 1. The monoisotopic (exact) mass is 409 g/mol. The first-order valence-electron chi connectivity index (χ1n) is 8.73. The van der Waals surface area contributed by atoms with E-state index < -0.39 is 23.2 Å². The number of amides is 2. The fourth-order valence-corrected chi connectivity index (χ4v) is 2.90. The van der Waals surface area contributed by atoms with Crippen molar-refractivity contribution in [1.29, 1.82) is 0 Å². The second-order valence-electron chi connectivity index (χ2n) is 6.50. The van der Waals surface area contributed by atoms with Crippen LogP contribution in [0, 0.1) is 0 Å². The molecule has 1 saturated heterocycles. The number of nitrogens with zero attached hydrogens (tertiary/aromatic N) is 2. The molecule has 0 atom stereocenters. The summed E-state index contributed by atoms with van der Waals surface area (Å²) in [7, 11) is 1.42. The fraction of sp³-hybridized carbons (Fsp3) is 0.316. The van der Waals surface area contributed by atoms with Gasteiger partial charge in [-0.25, -0.2) is 0 Å². The maximum atomic E-state index is 12.9. The Hall–Kier alpha value is -3.14. The summed E-state index contributed by atoms with van der Waals surface area (Å²) in [4.78, 5) is 38.9. The summed E-state index contributed by atoms with van der Waals surface area (Å²) in [6, 6.07) is 5.08. The highest BCUT2D eigenvalue weighted by Crippen LogP contribution is 2.29. The van der Waals surface area contributed by atoms with E-state index >= 15 is 0 Å². The lowest BCUT2D eigenvalue weighted by Crippen LogP contribution is -2.41. The van der Waals surface area contributed by atoms with Crippen LogP contribution >= 0.6 is 0 Å². The number of ether oxygens (including phenoxy) is 1. The van der Waals surface area contributed by atoms with Crippen molar-refractivity contribution in [3.63, 3.8) is 0 Å². The van der Waals surface area contributed by atoms with Crippen LogP contribution in [0.3, 0.4) is 0 Å². The molecule has 10 heteroatoms. The molecule has 0 aliphatic carbocycles.